The Morgan fingerprint density at radius 1 is 1.06 bits per heavy atom. The fraction of sp³-hybridized carbons (Fsp3) is 0.440. The van der Waals surface area contributed by atoms with Crippen LogP contribution >= 0.6 is 0 Å². The number of hydrogen-bond acceptors (Lipinski definition) is 10. The highest BCUT2D eigenvalue weighted by molar-refractivity contribution is 6.21. The predicted octanol–water partition coefficient (Wildman–Crippen LogP) is 2.02. The van der Waals surface area contributed by atoms with Crippen LogP contribution in [0.15, 0.2) is 42.0 Å². The third-order valence-electron chi connectivity index (χ3n) is 6.40. The molecule has 1 aromatic carbocycles. The van der Waals surface area contributed by atoms with Crippen LogP contribution in [-0.4, -0.2) is 92.0 Å². The average molecular weight is 482 g/mol. The molecule has 1 N–H and O–H groups in total. The van der Waals surface area contributed by atoms with E-state index in [1.165, 1.54) is 18.5 Å². The Labute approximate surface area is 204 Å². The van der Waals surface area contributed by atoms with Gasteiger partial charge < -0.3 is 29.3 Å². The van der Waals surface area contributed by atoms with Crippen LogP contribution in [0.1, 0.15) is 12.8 Å². The Bertz CT molecular complexity index is 1170. The van der Waals surface area contributed by atoms with Crippen molar-refractivity contribution in [2.24, 2.45) is 0 Å². The number of likely N-dealkylation sites (N-methyl/N-ethyl adjacent to an activating group) is 1. The molecule has 2 aliphatic rings. The number of allylic oxidation sites excluding steroid dienone is 2. The molecule has 1 fully saturated rings. The first-order chi connectivity index (χ1) is 16.9. The number of carbonyl (C=O) groups excluding carboxylic acids is 2. The molecule has 0 atom stereocenters. The second kappa shape index (κ2) is 10.8. The molecule has 2 aromatic rings. The van der Waals surface area contributed by atoms with Crippen molar-refractivity contribution in [2.45, 2.75) is 18.9 Å². The SMILES string of the molecule is COCCOc1cc2ncnc(NC3=CC(=O)C(N(C)C4CCN(C)CC4)=CC3=O)c2cc1OC. The average Bonchev–Trinajstić information content (AvgIpc) is 2.86. The van der Waals surface area contributed by atoms with Crippen LogP contribution < -0.4 is 14.8 Å². The maximum absolute atomic E-state index is 13.0. The lowest BCUT2D eigenvalue weighted by atomic mass is 9.99. The number of ether oxygens (including phenoxy) is 3. The first-order valence-electron chi connectivity index (χ1n) is 11.6. The van der Waals surface area contributed by atoms with Gasteiger partial charge in [-0.3, -0.25) is 9.59 Å². The number of benzene rings is 1. The molecule has 4 rings (SSSR count). The first kappa shape index (κ1) is 24.6. The molecule has 0 unspecified atom stereocenters. The maximum atomic E-state index is 13.0. The van der Waals surface area contributed by atoms with Crippen LogP contribution in [0.5, 0.6) is 11.5 Å². The van der Waals surface area contributed by atoms with Crippen molar-refractivity contribution in [1.29, 1.82) is 0 Å². The predicted molar refractivity (Wildman–Crippen MR) is 132 cm³/mol. The number of anilines is 1. The lowest BCUT2D eigenvalue weighted by Crippen LogP contribution is -2.43. The van der Waals surface area contributed by atoms with Gasteiger partial charge in [0.05, 0.1) is 30.6 Å². The fourth-order valence-corrected chi connectivity index (χ4v) is 4.30. The third kappa shape index (κ3) is 5.44. The van der Waals surface area contributed by atoms with Gasteiger partial charge in [-0.1, -0.05) is 0 Å². The van der Waals surface area contributed by atoms with E-state index in [1.54, 1.807) is 26.4 Å². The van der Waals surface area contributed by atoms with E-state index in [1.807, 2.05) is 11.9 Å². The Morgan fingerprint density at radius 2 is 1.83 bits per heavy atom. The second-order valence-electron chi connectivity index (χ2n) is 8.67. The number of piperidine rings is 1. The van der Waals surface area contributed by atoms with Crippen molar-refractivity contribution in [3.05, 3.63) is 42.0 Å². The van der Waals surface area contributed by atoms with Crippen molar-refractivity contribution < 1.29 is 23.8 Å². The quantitative estimate of drug-likeness (QED) is 0.422. The zero-order valence-electron chi connectivity index (χ0n) is 20.5. The zero-order valence-corrected chi connectivity index (χ0v) is 20.5. The molecular weight excluding hydrogens is 450 g/mol. The van der Waals surface area contributed by atoms with E-state index in [0.29, 0.717) is 47.1 Å². The van der Waals surface area contributed by atoms with Crippen molar-refractivity contribution >= 4 is 28.3 Å². The van der Waals surface area contributed by atoms with Gasteiger partial charge >= 0.3 is 0 Å². The van der Waals surface area contributed by atoms with E-state index in [4.69, 9.17) is 14.2 Å². The van der Waals surface area contributed by atoms with Crippen molar-refractivity contribution in [1.82, 2.24) is 19.8 Å². The van der Waals surface area contributed by atoms with E-state index in [0.717, 1.165) is 25.9 Å². The summed E-state index contributed by atoms with van der Waals surface area (Å²) in [5, 5.41) is 3.65. The molecule has 0 saturated carbocycles. The molecule has 10 heteroatoms. The van der Waals surface area contributed by atoms with Gasteiger partial charge in [-0.2, -0.15) is 0 Å². The number of likely N-dealkylation sites (tertiary alicyclic amines) is 1. The summed E-state index contributed by atoms with van der Waals surface area (Å²) >= 11 is 0. The molecule has 0 amide bonds. The summed E-state index contributed by atoms with van der Waals surface area (Å²) in [6.45, 7) is 2.73. The lowest BCUT2D eigenvalue weighted by Gasteiger charge is -2.37. The summed E-state index contributed by atoms with van der Waals surface area (Å²) in [5.74, 6) is 0.920. The van der Waals surface area contributed by atoms with Crippen LogP contribution in [0.2, 0.25) is 0 Å². The molecule has 1 aliphatic carbocycles. The second-order valence-corrected chi connectivity index (χ2v) is 8.67. The summed E-state index contributed by atoms with van der Waals surface area (Å²) in [6, 6.07) is 3.72. The lowest BCUT2D eigenvalue weighted by molar-refractivity contribution is -0.116. The summed E-state index contributed by atoms with van der Waals surface area (Å²) in [5.41, 5.74) is 1.18. The molecule has 1 aliphatic heterocycles. The van der Waals surface area contributed by atoms with E-state index in [2.05, 4.69) is 27.2 Å². The van der Waals surface area contributed by atoms with Crippen molar-refractivity contribution in [2.75, 3.05) is 59.9 Å². The van der Waals surface area contributed by atoms with E-state index >= 15 is 0 Å². The van der Waals surface area contributed by atoms with Crippen LogP contribution in [0.4, 0.5) is 5.82 Å². The number of methoxy groups -OCH3 is 2. The van der Waals surface area contributed by atoms with Crippen molar-refractivity contribution in [3.63, 3.8) is 0 Å². The van der Waals surface area contributed by atoms with E-state index in [9.17, 15) is 9.59 Å². The fourth-order valence-electron chi connectivity index (χ4n) is 4.30. The molecule has 1 aromatic heterocycles. The number of aromatic nitrogens is 2. The summed E-state index contributed by atoms with van der Waals surface area (Å²) < 4.78 is 16.2. The zero-order chi connectivity index (χ0) is 24.9. The van der Waals surface area contributed by atoms with Gasteiger partial charge in [0.15, 0.2) is 11.5 Å². The Kier molecular flexibility index (Phi) is 7.62. The van der Waals surface area contributed by atoms with Crippen LogP contribution in [0.25, 0.3) is 10.9 Å². The number of fused-ring (bicyclic) bond motifs is 1. The molecule has 2 heterocycles. The largest absolute Gasteiger partial charge is 0.493 e. The number of nitrogens with zero attached hydrogens (tertiary/aromatic N) is 4. The molecule has 1 saturated heterocycles. The summed E-state index contributed by atoms with van der Waals surface area (Å²) in [6.07, 6.45) is 6.05. The molecule has 10 nitrogen and oxygen atoms in total. The van der Waals surface area contributed by atoms with Gasteiger partial charge in [0.2, 0.25) is 11.6 Å². The standard InChI is InChI=1S/C25H31N5O5/c1-29-7-5-16(6-8-29)30(2)20-14-21(31)19(12-22(20)32)28-25-17-11-23(34-4)24(35-10-9-33-3)13-18(17)26-15-27-25/h11-16H,5-10H2,1-4H3,(H,26,27,28). The van der Waals surface area contributed by atoms with Crippen molar-refractivity contribution in [3.8, 4) is 11.5 Å². The number of rotatable bonds is 9. The van der Waals surface area contributed by atoms with Gasteiger partial charge in [0.25, 0.3) is 0 Å². The highest BCUT2D eigenvalue weighted by Gasteiger charge is 2.29. The monoisotopic (exact) mass is 481 g/mol. The third-order valence-corrected chi connectivity index (χ3v) is 6.40. The normalized spacial score (nSPS) is 17.3. The molecule has 35 heavy (non-hydrogen) atoms. The number of hydrogen-bond donors (Lipinski definition) is 1. The van der Waals surface area contributed by atoms with Crippen LogP contribution in [-0.2, 0) is 14.3 Å². The molecular formula is C25H31N5O5. The minimum atomic E-state index is -0.280. The highest BCUT2D eigenvalue weighted by atomic mass is 16.5. The molecule has 0 spiro atoms. The Morgan fingerprint density at radius 3 is 2.54 bits per heavy atom. The maximum Gasteiger partial charge on any atom is 0.204 e. The minimum absolute atomic E-state index is 0.162. The van der Waals surface area contributed by atoms with Gasteiger partial charge in [0.1, 0.15) is 18.8 Å². The molecule has 0 bridgehead atoms. The van der Waals surface area contributed by atoms with Gasteiger partial charge in [-0.15, -0.1) is 0 Å². The number of carbonyl (C=O) groups is 2. The van der Waals surface area contributed by atoms with Gasteiger partial charge in [-0.25, -0.2) is 9.97 Å². The van der Waals surface area contributed by atoms with E-state index in [-0.39, 0.29) is 23.3 Å². The van der Waals surface area contributed by atoms with Crippen LogP contribution in [0.3, 0.4) is 0 Å². The molecule has 0 radical (unpaired) electrons. The minimum Gasteiger partial charge on any atom is -0.493 e. The first-order valence-corrected chi connectivity index (χ1v) is 11.6. The molecule has 186 valence electrons. The Hall–Kier alpha value is -3.50. The van der Waals surface area contributed by atoms with Gasteiger partial charge in [0, 0.05) is 43.8 Å². The Balaban J connectivity index is 1.54. The number of ketones is 2. The van der Waals surface area contributed by atoms with Gasteiger partial charge in [-0.05, 0) is 39.0 Å². The van der Waals surface area contributed by atoms with Crippen LogP contribution in [0, 0.1) is 0 Å². The smallest absolute Gasteiger partial charge is 0.204 e. The summed E-state index contributed by atoms with van der Waals surface area (Å²) in [7, 11) is 7.12. The summed E-state index contributed by atoms with van der Waals surface area (Å²) in [4.78, 5) is 38.7. The number of nitrogens with one attached hydrogen (secondary N) is 1. The van der Waals surface area contributed by atoms with E-state index < -0.39 is 0 Å². The highest BCUT2D eigenvalue weighted by Crippen LogP contribution is 2.34. The topological polar surface area (TPSA) is 106 Å².